The summed E-state index contributed by atoms with van der Waals surface area (Å²) in [7, 11) is -3.89. The van der Waals surface area contributed by atoms with Gasteiger partial charge in [0.2, 0.25) is 10.0 Å². The standard InChI is InChI=1S/C16H22FNO3S/c1-10-6-7-12(17)13(9-10)22(20,21)18-8-4-5-11-14(18)16(2,3)15(11)19/h6-7,9,11,14-15,19H,4-5,8H2,1-3H3/t11-,14+,15-/m0/s1. The lowest BCUT2D eigenvalue weighted by Gasteiger charge is -2.61. The molecular formula is C16H22FNO3S. The van der Waals surface area contributed by atoms with Crippen molar-refractivity contribution < 1.29 is 17.9 Å². The van der Waals surface area contributed by atoms with E-state index in [1.807, 2.05) is 13.8 Å². The Bertz CT molecular complexity index is 701. The molecule has 1 aliphatic heterocycles. The molecule has 3 atom stereocenters. The van der Waals surface area contributed by atoms with Gasteiger partial charge in [-0.15, -0.1) is 0 Å². The molecule has 6 heteroatoms. The SMILES string of the molecule is Cc1ccc(F)c(S(=O)(=O)N2CCC[C@@H]3[C@H](O)C(C)(C)[C@@H]32)c1. The van der Waals surface area contributed by atoms with Crippen molar-refractivity contribution in [1.29, 1.82) is 0 Å². The van der Waals surface area contributed by atoms with Crippen LogP contribution in [0, 0.1) is 24.1 Å². The summed E-state index contributed by atoms with van der Waals surface area (Å²) in [5, 5.41) is 10.2. The number of rotatable bonds is 2. The number of nitrogens with zero attached hydrogens (tertiary/aromatic N) is 1. The monoisotopic (exact) mass is 327 g/mol. The zero-order chi connectivity index (χ0) is 16.3. The lowest BCUT2D eigenvalue weighted by molar-refractivity contribution is -0.171. The van der Waals surface area contributed by atoms with Crippen LogP contribution < -0.4 is 0 Å². The van der Waals surface area contributed by atoms with Crippen LogP contribution in [0.5, 0.6) is 0 Å². The molecule has 0 bridgehead atoms. The third kappa shape index (κ3) is 2.12. The Morgan fingerprint density at radius 2 is 2.05 bits per heavy atom. The maximum absolute atomic E-state index is 14.1. The fraction of sp³-hybridized carbons (Fsp3) is 0.625. The van der Waals surface area contributed by atoms with Gasteiger partial charge in [0, 0.05) is 23.9 Å². The molecule has 1 aliphatic carbocycles. The summed E-state index contributed by atoms with van der Waals surface area (Å²) in [6, 6.07) is 3.88. The van der Waals surface area contributed by atoms with E-state index in [2.05, 4.69) is 0 Å². The van der Waals surface area contributed by atoms with Gasteiger partial charge in [-0.25, -0.2) is 12.8 Å². The number of benzene rings is 1. The second kappa shape index (κ2) is 5.01. The van der Waals surface area contributed by atoms with Crippen LogP contribution in [0.25, 0.3) is 0 Å². The first-order valence-electron chi connectivity index (χ1n) is 7.63. The van der Waals surface area contributed by atoms with E-state index in [0.29, 0.717) is 18.5 Å². The highest BCUT2D eigenvalue weighted by Gasteiger charge is 2.61. The van der Waals surface area contributed by atoms with Crippen LogP contribution in [-0.2, 0) is 10.0 Å². The number of hydrogen-bond donors (Lipinski definition) is 1. The van der Waals surface area contributed by atoms with Crippen LogP contribution >= 0.6 is 0 Å². The van der Waals surface area contributed by atoms with E-state index in [4.69, 9.17) is 0 Å². The second-order valence-corrected chi connectivity index (χ2v) is 8.93. The molecule has 2 fully saturated rings. The van der Waals surface area contributed by atoms with Crippen LogP contribution in [0.1, 0.15) is 32.3 Å². The van der Waals surface area contributed by atoms with Gasteiger partial charge in [-0.2, -0.15) is 4.31 Å². The zero-order valence-corrected chi connectivity index (χ0v) is 13.9. The molecule has 22 heavy (non-hydrogen) atoms. The Balaban J connectivity index is 2.03. The second-order valence-electron chi connectivity index (χ2n) is 7.07. The van der Waals surface area contributed by atoms with Crippen LogP contribution in [-0.4, -0.2) is 36.5 Å². The normalized spacial score (nSPS) is 31.4. The number of halogens is 1. The van der Waals surface area contributed by atoms with Gasteiger partial charge in [-0.1, -0.05) is 19.9 Å². The molecule has 4 nitrogen and oxygen atoms in total. The van der Waals surface area contributed by atoms with Crippen molar-refractivity contribution in [2.24, 2.45) is 11.3 Å². The molecule has 1 aromatic carbocycles. The van der Waals surface area contributed by atoms with Crippen LogP contribution in [0.15, 0.2) is 23.1 Å². The molecule has 122 valence electrons. The average Bonchev–Trinajstić information content (AvgIpc) is 2.48. The van der Waals surface area contributed by atoms with Gasteiger partial charge in [0.05, 0.1) is 6.10 Å². The number of aliphatic hydroxyl groups is 1. The van der Waals surface area contributed by atoms with Crippen molar-refractivity contribution in [2.45, 2.75) is 50.7 Å². The first-order chi connectivity index (χ1) is 10.2. The summed E-state index contributed by atoms with van der Waals surface area (Å²) in [5.41, 5.74) is 0.208. The van der Waals surface area contributed by atoms with E-state index >= 15 is 0 Å². The molecule has 2 aliphatic rings. The Labute approximate surface area is 131 Å². The minimum atomic E-state index is -3.89. The van der Waals surface area contributed by atoms with Crippen molar-refractivity contribution in [3.8, 4) is 0 Å². The van der Waals surface area contributed by atoms with E-state index in [1.54, 1.807) is 13.0 Å². The first kappa shape index (κ1) is 15.9. The Hall–Kier alpha value is -0.980. The molecule has 0 radical (unpaired) electrons. The summed E-state index contributed by atoms with van der Waals surface area (Å²) in [4.78, 5) is -0.259. The summed E-state index contributed by atoms with van der Waals surface area (Å²) < 4.78 is 41.4. The van der Waals surface area contributed by atoms with E-state index in [-0.39, 0.29) is 16.9 Å². The van der Waals surface area contributed by atoms with Crippen molar-refractivity contribution in [2.75, 3.05) is 6.54 Å². The lowest BCUT2D eigenvalue weighted by atomic mass is 9.55. The number of sulfonamides is 1. The van der Waals surface area contributed by atoms with Crippen molar-refractivity contribution in [3.63, 3.8) is 0 Å². The van der Waals surface area contributed by atoms with Gasteiger partial charge < -0.3 is 5.11 Å². The quantitative estimate of drug-likeness (QED) is 0.907. The van der Waals surface area contributed by atoms with Crippen molar-refractivity contribution in [3.05, 3.63) is 29.6 Å². The summed E-state index contributed by atoms with van der Waals surface area (Å²) in [6.45, 7) is 5.88. The molecule has 3 rings (SSSR count). The van der Waals surface area contributed by atoms with Gasteiger partial charge in [-0.05, 0) is 37.5 Å². The molecule has 0 spiro atoms. The Morgan fingerprint density at radius 3 is 2.73 bits per heavy atom. The third-order valence-electron chi connectivity index (χ3n) is 5.24. The smallest absolute Gasteiger partial charge is 0.246 e. The number of aryl methyl sites for hydroxylation is 1. The topological polar surface area (TPSA) is 57.6 Å². The summed E-state index contributed by atoms with van der Waals surface area (Å²) in [5.74, 6) is -0.767. The van der Waals surface area contributed by atoms with Crippen molar-refractivity contribution >= 4 is 10.0 Å². The summed E-state index contributed by atoms with van der Waals surface area (Å²) >= 11 is 0. The van der Waals surface area contributed by atoms with Gasteiger partial charge in [0.1, 0.15) is 10.7 Å². The van der Waals surface area contributed by atoms with Gasteiger partial charge in [0.15, 0.2) is 0 Å². The zero-order valence-electron chi connectivity index (χ0n) is 13.1. The van der Waals surface area contributed by atoms with Gasteiger partial charge >= 0.3 is 0 Å². The van der Waals surface area contributed by atoms with E-state index in [0.717, 1.165) is 6.42 Å². The van der Waals surface area contributed by atoms with Crippen molar-refractivity contribution in [1.82, 2.24) is 4.31 Å². The fourth-order valence-corrected chi connectivity index (χ4v) is 6.06. The predicted octanol–water partition coefficient (Wildman–Crippen LogP) is 2.30. The predicted molar refractivity (Wildman–Crippen MR) is 81.3 cm³/mol. The Kier molecular flexibility index (Phi) is 3.62. The fourth-order valence-electron chi connectivity index (χ4n) is 4.06. The van der Waals surface area contributed by atoms with Crippen LogP contribution in [0.4, 0.5) is 4.39 Å². The van der Waals surface area contributed by atoms with Gasteiger partial charge in [0.25, 0.3) is 0 Å². The minimum absolute atomic E-state index is 0.0496. The molecule has 1 N–H and O–H groups in total. The highest BCUT2D eigenvalue weighted by molar-refractivity contribution is 7.89. The van der Waals surface area contributed by atoms with E-state index in [9.17, 15) is 17.9 Å². The number of hydrogen-bond acceptors (Lipinski definition) is 3. The third-order valence-corrected chi connectivity index (χ3v) is 7.13. The molecule has 1 heterocycles. The molecule has 1 aromatic rings. The number of fused-ring (bicyclic) bond motifs is 1. The highest BCUT2D eigenvalue weighted by atomic mass is 32.2. The number of piperidine rings is 1. The largest absolute Gasteiger partial charge is 0.392 e. The molecule has 0 unspecified atom stereocenters. The molecule has 0 amide bonds. The van der Waals surface area contributed by atoms with E-state index < -0.39 is 27.4 Å². The minimum Gasteiger partial charge on any atom is -0.392 e. The first-order valence-corrected chi connectivity index (χ1v) is 9.07. The van der Waals surface area contributed by atoms with Crippen LogP contribution in [0.3, 0.4) is 0 Å². The lowest BCUT2D eigenvalue weighted by Crippen LogP contribution is -2.70. The molecule has 0 aromatic heterocycles. The van der Waals surface area contributed by atoms with E-state index in [1.165, 1.54) is 16.4 Å². The number of aliphatic hydroxyl groups excluding tert-OH is 1. The van der Waals surface area contributed by atoms with Crippen LogP contribution in [0.2, 0.25) is 0 Å². The average molecular weight is 327 g/mol. The molecule has 1 saturated carbocycles. The summed E-state index contributed by atoms with van der Waals surface area (Å²) in [6.07, 6.45) is 1.01. The maximum Gasteiger partial charge on any atom is 0.246 e. The Morgan fingerprint density at radius 1 is 1.36 bits per heavy atom. The maximum atomic E-state index is 14.1. The molecule has 1 saturated heterocycles. The molecular weight excluding hydrogens is 305 g/mol. The van der Waals surface area contributed by atoms with Gasteiger partial charge in [-0.3, -0.25) is 0 Å². The highest BCUT2D eigenvalue weighted by Crippen LogP contribution is 2.53.